The Morgan fingerprint density at radius 1 is 1.64 bits per heavy atom. The SMILES string of the molecule is CCCCC1C(=O)N(C)CC1C(=O)O. The molecular formula is C10H17NO3. The highest BCUT2D eigenvalue weighted by atomic mass is 16.4. The number of unbranched alkanes of at least 4 members (excludes halogenated alkanes) is 1. The van der Waals surface area contributed by atoms with Crippen LogP contribution in [0.1, 0.15) is 26.2 Å². The lowest BCUT2D eigenvalue weighted by molar-refractivity contribution is -0.144. The molecule has 1 saturated heterocycles. The van der Waals surface area contributed by atoms with Crippen LogP contribution < -0.4 is 0 Å². The maximum absolute atomic E-state index is 11.6. The van der Waals surface area contributed by atoms with E-state index in [0.717, 1.165) is 12.8 Å². The maximum atomic E-state index is 11.6. The highest BCUT2D eigenvalue weighted by Gasteiger charge is 2.41. The molecule has 0 aliphatic carbocycles. The molecule has 2 atom stereocenters. The molecule has 80 valence electrons. The third-order valence-electron chi connectivity index (χ3n) is 2.84. The maximum Gasteiger partial charge on any atom is 0.309 e. The van der Waals surface area contributed by atoms with Crippen molar-refractivity contribution in [3.8, 4) is 0 Å². The summed E-state index contributed by atoms with van der Waals surface area (Å²) in [4.78, 5) is 24.0. The largest absolute Gasteiger partial charge is 0.481 e. The molecule has 0 bridgehead atoms. The van der Waals surface area contributed by atoms with Gasteiger partial charge in [0.15, 0.2) is 0 Å². The van der Waals surface area contributed by atoms with E-state index < -0.39 is 11.9 Å². The van der Waals surface area contributed by atoms with Gasteiger partial charge in [-0.2, -0.15) is 0 Å². The molecule has 1 aliphatic rings. The zero-order valence-electron chi connectivity index (χ0n) is 8.69. The average molecular weight is 199 g/mol. The summed E-state index contributed by atoms with van der Waals surface area (Å²) in [7, 11) is 1.67. The van der Waals surface area contributed by atoms with Gasteiger partial charge in [-0.3, -0.25) is 9.59 Å². The number of hydrogen-bond donors (Lipinski definition) is 1. The number of nitrogens with zero attached hydrogens (tertiary/aromatic N) is 1. The molecule has 0 aromatic rings. The van der Waals surface area contributed by atoms with Crippen LogP contribution in [0.15, 0.2) is 0 Å². The number of amides is 1. The first-order chi connectivity index (χ1) is 6.57. The predicted octanol–water partition coefficient (Wildman–Crippen LogP) is 0.966. The van der Waals surface area contributed by atoms with Crippen molar-refractivity contribution < 1.29 is 14.7 Å². The van der Waals surface area contributed by atoms with Gasteiger partial charge in [0.1, 0.15) is 0 Å². The van der Waals surface area contributed by atoms with Gasteiger partial charge in [0.25, 0.3) is 0 Å². The molecule has 4 heteroatoms. The van der Waals surface area contributed by atoms with Gasteiger partial charge in [-0.25, -0.2) is 0 Å². The standard InChI is InChI=1S/C10H17NO3/c1-3-4-5-7-8(10(13)14)6-11(2)9(7)12/h7-8H,3-6H2,1-2H3,(H,13,14). The van der Waals surface area contributed by atoms with Crippen molar-refractivity contribution in [1.82, 2.24) is 4.90 Å². The Morgan fingerprint density at radius 2 is 2.29 bits per heavy atom. The quantitative estimate of drug-likeness (QED) is 0.733. The molecule has 14 heavy (non-hydrogen) atoms. The normalized spacial score (nSPS) is 27.0. The molecule has 0 aromatic heterocycles. The van der Waals surface area contributed by atoms with E-state index in [2.05, 4.69) is 0 Å². The summed E-state index contributed by atoms with van der Waals surface area (Å²) in [6, 6.07) is 0. The number of rotatable bonds is 4. The van der Waals surface area contributed by atoms with Crippen molar-refractivity contribution >= 4 is 11.9 Å². The molecule has 2 unspecified atom stereocenters. The smallest absolute Gasteiger partial charge is 0.309 e. The summed E-state index contributed by atoms with van der Waals surface area (Å²) in [5, 5.41) is 8.94. The summed E-state index contributed by atoms with van der Waals surface area (Å²) in [6.45, 7) is 2.40. The highest BCUT2D eigenvalue weighted by molar-refractivity contribution is 5.88. The number of carbonyl (C=O) groups is 2. The van der Waals surface area contributed by atoms with Gasteiger partial charge in [0.2, 0.25) is 5.91 Å². The number of likely N-dealkylation sites (tertiary alicyclic amines) is 1. The second-order valence-corrected chi connectivity index (χ2v) is 3.91. The van der Waals surface area contributed by atoms with Crippen LogP contribution in [0, 0.1) is 11.8 Å². The summed E-state index contributed by atoms with van der Waals surface area (Å²) in [5.41, 5.74) is 0. The number of hydrogen-bond acceptors (Lipinski definition) is 2. The molecule has 1 N–H and O–H groups in total. The van der Waals surface area contributed by atoms with Gasteiger partial charge in [0, 0.05) is 13.6 Å². The lowest BCUT2D eigenvalue weighted by atomic mass is 9.91. The van der Waals surface area contributed by atoms with Crippen LogP contribution in [0.3, 0.4) is 0 Å². The van der Waals surface area contributed by atoms with Gasteiger partial charge < -0.3 is 10.0 Å². The number of carboxylic acids is 1. The van der Waals surface area contributed by atoms with Crippen molar-refractivity contribution in [3.05, 3.63) is 0 Å². The van der Waals surface area contributed by atoms with E-state index in [1.807, 2.05) is 6.92 Å². The minimum atomic E-state index is -0.844. The topological polar surface area (TPSA) is 57.6 Å². The van der Waals surface area contributed by atoms with Crippen LogP contribution in [0.5, 0.6) is 0 Å². The minimum Gasteiger partial charge on any atom is -0.481 e. The summed E-state index contributed by atoms with van der Waals surface area (Å²) < 4.78 is 0. The summed E-state index contributed by atoms with van der Waals surface area (Å²) in [6.07, 6.45) is 2.63. The Kier molecular flexibility index (Phi) is 3.49. The third-order valence-corrected chi connectivity index (χ3v) is 2.84. The van der Waals surface area contributed by atoms with E-state index in [9.17, 15) is 9.59 Å². The number of carboxylic acid groups (broad SMARTS) is 1. The lowest BCUT2D eigenvalue weighted by Gasteiger charge is -2.11. The molecule has 1 amide bonds. The van der Waals surface area contributed by atoms with Gasteiger partial charge in [-0.05, 0) is 6.42 Å². The van der Waals surface area contributed by atoms with Crippen LogP contribution in [-0.4, -0.2) is 35.5 Å². The van der Waals surface area contributed by atoms with E-state index in [-0.39, 0.29) is 11.8 Å². The van der Waals surface area contributed by atoms with Crippen molar-refractivity contribution in [2.75, 3.05) is 13.6 Å². The minimum absolute atomic E-state index is 0.00847. The van der Waals surface area contributed by atoms with Gasteiger partial charge in [0.05, 0.1) is 11.8 Å². The van der Waals surface area contributed by atoms with Crippen LogP contribution >= 0.6 is 0 Å². The summed E-state index contributed by atoms with van der Waals surface area (Å²) in [5.74, 6) is -1.65. The van der Waals surface area contributed by atoms with Crippen LogP contribution in [0.2, 0.25) is 0 Å². The first kappa shape index (κ1) is 11.0. The predicted molar refractivity (Wildman–Crippen MR) is 51.8 cm³/mol. The fourth-order valence-corrected chi connectivity index (χ4v) is 1.97. The molecule has 1 fully saturated rings. The number of aliphatic carboxylic acids is 1. The lowest BCUT2D eigenvalue weighted by Crippen LogP contribution is -2.24. The van der Waals surface area contributed by atoms with E-state index in [1.54, 1.807) is 7.05 Å². The molecule has 1 rings (SSSR count). The van der Waals surface area contributed by atoms with E-state index >= 15 is 0 Å². The molecule has 1 aliphatic heterocycles. The Bertz CT molecular complexity index is 240. The zero-order valence-corrected chi connectivity index (χ0v) is 8.69. The Labute approximate surface area is 83.9 Å². The molecule has 0 saturated carbocycles. The monoisotopic (exact) mass is 199 g/mol. The van der Waals surface area contributed by atoms with Gasteiger partial charge in [-0.1, -0.05) is 19.8 Å². The molecule has 1 heterocycles. The van der Waals surface area contributed by atoms with Crippen molar-refractivity contribution in [2.45, 2.75) is 26.2 Å². The molecule has 0 spiro atoms. The van der Waals surface area contributed by atoms with Gasteiger partial charge in [-0.15, -0.1) is 0 Å². The average Bonchev–Trinajstić information content (AvgIpc) is 2.41. The fourth-order valence-electron chi connectivity index (χ4n) is 1.97. The summed E-state index contributed by atoms with van der Waals surface area (Å²) >= 11 is 0. The Hall–Kier alpha value is -1.06. The van der Waals surface area contributed by atoms with Crippen molar-refractivity contribution in [1.29, 1.82) is 0 Å². The first-order valence-electron chi connectivity index (χ1n) is 5.05. The first-order valence-corrected chi connectivity index (χ1v) is 5.05. The van der Waals surface area contributed by atoms with Gasteiger partial charge >= 0.3 is 5.97 Å². The van der Waals surface area contributed by atoms with E-state index in [4.69, 9.17) is 5.11 Å². The van der Waals surface area contributed by atoms with Crippen LogP contribution in [0.4, 0.5) is 0 Å². The number of carbonyl (C=O) groups excluding carboxylic acids is 1. The zero-order chi connectivity index (χ0) is 10.7. The second-order valence-electron chi connectivity index (χ2n) is 3.91. The Morgan fingerprint density at radius 3 is 2.79 bits per heavy atom. The van der Waals surface area contributed by atoms with Crippen molar-refractivity contribution in [2.24, 2.45) is 11.8 Å². The Balaban J connectivity index is 2.66. The third kappa shape index (κ3) is 2.05. The van der Waals surface area contributed by atoms with E-state index in [0.29, 0.717) is 13.0 Å². The molecule has 4 nitrogen and oxygen atoms in total. The second kappa shape index (κ2) is 4.44. The van der Waals surface area contributed by atoms with Crippen LogP contribution in [-0.2, 0) is 9.59 Å². The van der Waals surface area contributed by atoms with E-state index in [1.165, 1.54) is 4.90 Å². The fraction of sp³-hybridized carbons (Fsp3) is 0.800. The van der Waals surface area contributed by atoms with Crippen LogP contribution in [0.25, 0.3) is 0 Å². The highest BCUT2D eigenvalue weighted by Crippen LogP contribution is 2.28. The molecule has 0 radical (unpaired) electrons. The molecule has 0 aromatic carbocycles. The van der Waals surface area contributed by atoms with Crippen molar-refractivity contribution in [3.63, 3.8) is 0 Å². The molecular weight excluding hydrogens is 182 g/mol.